The predicted octanol–water partition coefficient (Wildman–Crippen LogP) is 2.81. The molecule has 1 atom stereocenters. The molecule has 1 aromatic carbocycles. The number of ketones is 1. The van der Waals surface area contributed by atoms with Crippen molar-refractivity contribution in [1.29, 1.82) is 0 Å². The van der Waals surface area contributed by atoms with Crippen molar-refractivity contribution in [1.82, 2.24) is 5.32 Å². The molecule has 0 radical (unpaired) electrons. The summed E-state index contributed by atoms with van der Waals surface area (Å²) in [6.07, 6.45) is 0. The van der Waals surface area contributed by atoms with Crippen LogP contribution in [0.5, 0.6) is 0 Å². The van der Waals surface area contributed by atoms with E-state index in [0.717, 1.165) is 12.1 Å². The molecular formula is C14H21NO. The lowest BCUT2D eigenvalue weighted by Crippen LogP contribution is -2.40. The van der Waals surface area contributed by atoms with Crippen LogP contribution in [0.25, 0.3) is 0 Å². The SMILES string of the molecule is CCNC(C(=O)c1ccc(C)cc1)C(C)C. The van der Waals surface area contributed by atoms with Crippen molar-refractivity contribution < 1.29 is 4.79 Å². The molecule has 0 saturated heterocycles. The summed E-state index contributed by atoms with van der Waals surface area (Å²) in [4.78, 5) is 12.2. The summed E-state index contributed by atoms with van der Waals surface area (Å²) in [7, 11) is 0. The fraction of sp³-hybridized carbons (Fsp3) is 0.500. The Balaban J connectivity index is 2.86. The van der Waals surface area contributed by atoms with Crippen LogP contribution < -0.4 is 5.32 Å². The van der Waals surface area contributed by atoms with E-state index in [1.807, 2.05) is 38.1 Å². The highest BCUT2D eigenvalue weighted by Crippen LogP contribution is 2.11. The number of Topliss-reactive ketones (excluding diaryl/α,β-unsaturated/α-hetero) is 1. The Morgan fingerprint density at radius 1 is 1.25 bits per heavy atom. The zero-order valence-corrected chi connectivity index (χ0v) is 10.6. The Morgan fingerprint density at radius 3 is 2.25 bits per heavy atom. The standard InChI is InChI=1S/C14H21NO/c1-5-15-13(10(2)3)14(16)12-8-6-11(4)7-9-12/h6-10,13,15H,5H2,1-4H3. The first-order valence-corrected chi connectivity index (χ1v) is 5.90. The Labute approximate surface area is 98.1 Å². The first-order valence-electron chi connectivity index (χ1n) is 5.90. The van der Waals surface area contributed by atoms with E-state index < -0.39 is 0 Å². The maximum atomic E-state index is 12.2. The van der Waals surface area contributed by atoms with Gasteiger partial charge in [-0.05, 0) is 19.4 Å². The molecule has 88 valence electrons. The predicted molar refractivity (Wildman–Crippen MR) is 67.8 cm³/mol. The number of aryl methyl sites for hydroxylation is 1. The maximum Gasteiger partial charge on any atom is 0.179 e. The van der Waals surface area contributed by atoms with Crippen LogP contribution in [0.4, 0.5) is 0 Å². The number of carbonyl (C=O) groups is 1. The third kappa shape index (κ3) is 3.17. The average Bonchev–Trinajstić information content (AvgIpc) is 2.25. The number of carbonyl (C=O) groups excluding carboxylic acids is 1. The van der Waals surface area contributed by atoms with Gasteiger partial charge in [0.25, 0.3) is 0 Å². The summed E-state index contributed by atoms with van der Waals surface area (Å²) in [6, 6.07) is 7.70. The van der Waals surface area contributed by atoms with E-state index in [-0.39, 0.29) is 11.8 Å². The van der Waals surface area contributed by atoms with E-state index in [4.69, 9.17) is 0 Å². The number of benzene rings is 1. The summed E-state index contributed by atoms with van der Waals surface area (Å²) < 4.78 is 0. The molecule has 16 heavy (non-hydrogen) atoms. The smallest absolute Gasteiger partial charge is 0.179 e. The van der Waals surface area contributed by atoms with Crippen molar-refractivity contribution in [2.24, 2.45) is 5.92 Å². The van der Waals surface area contributed by atoms with Gasteiger partial charge < -0.3 is 5.32 Å². The second-order valence-corrected chi connectivity index (χ2v) is 4.51. The molecule has 0 saturated carbocycles. The lowest BCUT2D eigenvalue weighted by Gasteiger charge is -2.20. The zero-order chi connectivity index (χ0) is 12.1. The van der Waals surface area contributed by atoms with Crippen LogP contribution in [0.1, 0.15) is 36.7 Å². The van der Waals surface area contributed by atoms with Crippen molar-refractivity contribution in [3.63, 3.8) is 0 Å². The van der Waals surface area contributed by atoms with Crippen LogP contribution in [0.3, 0.4) is 0 Å². The number of hydrogen-bond donors (Lipinski definition) is 1. The van der Waals surface area contributed by atoms with Crippen molar-refractivity contribution in [3.8, 4) is 0 Å². The second kappa shape index (κ2) is 5.80. The van der Waals surface area contributed by atoms with Gasteiger partial charge in [-0.2, -0.15) is 0 Å². The summed E-state index contributed by atoms with van der Waals surface area (Å²) in [6.45, 7) is 9.01. The Hall–Kier alpha value is -1.15. The van der Waals surface area contributed by atoms with Crippen LogP contribution in [-0.4, -0.2) is 18.4 Å². The van der Waals surface area contributed by atoms with Crippen molar-refractivity contribution in [3.05, 3.63) is 35.4 Å². The second-order valence-electron chi connectivity index (χ2n) is 4.51. The fourth-order valence-electron chi connectivity index (χ4n) is 1.75. The maximum absolute atomic E-state index is 12.2. The van der Waals surface area contributed by atoms with E-state index in [0.29, 0.717) is 5.92 Å². The molecule has 1 N–H and O–H groups in total. The molecule has 0 aliphatic carbocycles. The van der Waals surface area contributed by atoms with E-state index in [9.17, 15) is 4.79 Å². The minimum Gasteiger partial charge on any atom is -0.307 e. The fourth-order valence-corrected chi connectivity index (χ4v) is 1.75. The van der Waals surface area contributed by atoms with Crippen molar-refractivity contribution in [2.45, 2.75) is 33.7 Å². The van der Waals surface area contributed by atoms with Gasteiger partial charge in [0.1, 0.15) is 0 Å². The van der Waals surface area contributed by atoms with Crippen molar-refractivity contribution in [2.75, 3.05) is 6.54 Å². The van der Waals surface area contributed by atoms with E-state index in [1.54, 1.807) is 0 Å². The number of nitrogens with one attached hydrogen (secondary N) is 1. The topological polar surface area (TPSA) is 29.1 Å². The molecule has 0 heterocycles. The normalized spacial score (nSPS) is 12.8. The van der Waals surface area contributed by atoms with E-state index in [2.05, 4.69) is 19.2 Å². The molecule has 0 spiro atoms. The van der Waals surface area contributed by atoms with Gasteiger partial charge in [-0.25, -0.2) is 0 Å². The third-order valence-corrected chi connectivity index (χ3v) is 2.71. The molecule has 0 amide bonds. The minimum absolute atomic E-state index is 0.0762. The largest absolute Gasteiger partial charge is 0.307 e. The highest BCUT2D eigenvalue weighted by molar-refractivity contribution is 6.00. The van der Waals surface area contributed by atoms with Gasteiger partial charge in [0, 0.05) is 5.56 Å². The number of hydrogen-bond acceptors (Lipinski definition) is 2. The van der Waals surface area contributed by atoms with E-state index in [1.165, 1.54) is 5.56 Å². The van der Waals surface area contributed by atoms with Gasteiger partial charge in [0.05, 0.1) is 6.04 Å². The molecular weight excluding hydrogens is 198 g/mol. The van der Waals surface area contributed by atoms with Crippen LogP contribution in [0.15, 0.2) is 24.3 Å². The van der Waals surface area contributed by atoms with Gasteiger partial charge in [0.2, 0.25) is 0 Å². The highest BCUT2D eigenvalue weighted by Gasteiger charge is 2.21. The quantitative estimate of drug-likeness (QED) is 0.772. The third-order valence-electron chi connectivity index (χ3n) is 2.71. The lowest BCUT2D eigenvalue weighted by molar-refractivity contribution is 0.0918. The Kier molecular flexibility index (Phi) is 4.69. The van der Waals surface area contributed by atoms with Gasteiger partial charge in [-0.3, -0.25) is 4.79 Å². The lowest BCUT2D eigenvalue weighted by atomic mass is 9.94. The molecule has 1 rings (SSSR count). The zero-order valence-electron chi connectivity index (χ0n) is 10.6. The van der Waals surface area contributed by atoms with Gasteiger partial charge >= 0.3 is 0 Å². The molecule has 0 aromatic heterocycles. The van der Waals surface area contributed by atoms with Gasteiger partial charge in [0.15, 0.2) is 5.78 Å². The van der Waals surface area contributed by atoms with Crippen LogP contribution in [0.2, 0.25) is 0 Å². The Morgan fingerprint density at radius 2 is 1.81 bits per heavy atom. The molecule has 1 aromatic rings. The molecule has 0 aliphatic rings. The first-order chi connectivity index (χ1) is 7.56. The van der Waals surface area contributed by atoms with Crippen LogP contribution in [-0.2, 0) is 0 Å². The van der Waals surface area contributed by atoms with E-state index >= 15 is 0 Å². The minimum atomic E-state index is -0.0762. The highest BCUT2D eigenvalue weighted by atomic mass is 16.1. The average molecular weight is 219 g/mol. The molecule has 2 heteroatoms. The summed E-state index contributed by atoms with van der Waals surface area (Å²) >= 11 is 0. The van der Waals surface area contributed by atoms with Crippen LogP contribution >= 0.6 is 0 Å². The van der Waals surface area contributed by atoms with Crippen LogP contribution in [0, 0.1) is 12.8 Å². The molecule has 0 aliphatic heterocycles. The number of rotatable bonds is 5. The Bertz CT molecular complexity index is 340. The molecule has 2 nitrogen and oxygen atoms in total. The molecule has 1 unspecified atom stereocenters. The first kappa shape index (κ1) is 12.9. The molecule has 0 fully saturated rings. The monoisotopic (exact) mass is 219 g/mol. The summed E-state index contributed by atoms with van der Waals surface area (Å²) in [5, 5.41) is 3.25. The van der Waals surface area contributed by atoms with Gasteiger partial charge in [-0.1, -0.05) is 50.6 Å². The van der Waals surface area contributed by atoms with Crippen molar-refractivity contribution >= 4 is 5.78 Å². The summed E-state index contributed by atoms with van der Waals surface area (Å²) in [5.41, 5.74) is 1.98. The molecule has 0 bridgehead atoms. The van der Waals surface area contributed by atoms with Gasteiger partial charge in [-0.15, -0.1) is 0 Å². The number of likely N-dealkylation sites (N-methyl/N-ethyl adjacent to an activating group) is 1. The summed E-state index contributed by atoms with van der Waals surface area (Å²) in [5.74, 6) is 0.505.